The van der Waals surface area contributed by atoms with Gasteiger partial charge in [-0.25, -0.2) is 0 Å². The van der Waals surface area contributed by atoms with Crippen LogP contribution in [0.4, 0.5) is 0 Å². The van der Waals surface area contributed by atoms with Crippen molar-refractivity contribution in [1.82, 2.24) is 0 Å². The highest BCUT2D eigenvalue weighted by molar-refractivity contribution is 8.00. The Bertz CT molecular complexity index is 548. The topological polar surface area (TPSA) is 26.3 Å². The fourth-order valence-corrected chi connectivity index (χ4v) is 5.67. The van der Waals surface area contributed by atoms with Gasteiger partial charge < -0.3 is 4.74 Å². The van der Waals surface area contributed by atoms with Crippen molar-refractivity contribution in [3.05, 3.63) is 48.6 Å². The van der Waals surface area contributed by atoms with Crippen molar-refractivity contribution in [1.29, 1.82) is 0 Å². The third-order valence-electron chi connectivity index (χ3n) is 5.33. The van der Waals surface area contributed by atoms with Gasteiger partial charge in [-0.2, -0.15) is 0 Å². The zero-order valence-electron chi connectivity index (χ0n) is 13.2. The fourth-order valence-electron chi connectivity index (χ4n) is 4.16. The van der Waals surface area contributed by atoms with Gasteiger partial charge in [0.25, 0.3) is 0 Å². The molecule has 2 nitrogen and oxygen atoms in total. The van der Waals surface area contributed by atoms with Gasteiger partial charge >= 0.3 is 0 Å². The minimum atomic E-state index is -0.214. The van der Waals surface area contributed by atoms with Crippen molar-refractivity contribution < 1.29 is 9.53 Å². The number of carbonyl (C=O) groups is 1. The van der Waals surface area contributed by atoms with Crippen molar-refractivity contribution in [2.24, 2.45) is 11.3 Å². The maximum absolute atomic E-state index is 13.1. The maximum Gasteiger partial charge on any atom is 0.166 e. The van der Waals surface area contributed by atoms with Crippen LogP contribution in [0.5, 0.6) is 0 Å². The van der Waals surface area contributed by atoms with Crippen LogP contribution in [0.3, 0.4) is 0 Å². The van der Waals surface area contributed by atoms with Gasteiger partial charge in [-0.05, 0) is 25.7 Å². The van der Waals surface area contributed by atoms with Crippen LogP contribution in [0.1, 0.15) is 43.0 Å². The Labute approximate surface area is 137 Å². The second-order valence-electron chi connectivity index (χ2n) is 6.54. The number of carbonyl (C=O) groups excluding carboxylic acids is 1. The minimum Gasteiger partial charge on any atom is -0.363 e. The smallest absolute Gasteiger partial charge is 0.166 e. The number of benzene rings is 1. The van der Waals surface area contributed by atoms with Crippen LogP contribution in [0.25, 0.3) is 0 Å². The molecule has 1 saturated heterocycles. The Morgan fingerprint density at radius 1 is 1.45 bits per heavy atom. The summed E-state index contributed by atoms with van der Waals surface area (Å²) in [6, 6.07) is 9.70. The molecule has 1 heterocycles. The van der Waals surface area contributed by atoms with Crippen LogP contribution in [0.15, 0.2) is 43.0 Å². The first kappa shape index (κ1) is 15.8. The van der Waals surface area contributed by atoms with Gasteiger partial charge in [0.05, 0.1) is 6.61 Å². The van der Waals surface area contributed by atoms with E-state index in [0.29, 0.717) is 0 Å². The molecule has 1 aromatic carbocycles. The summed E-state index contributed by atoms with van der Waals surface area (Å²) in [6.45, 7) is 6.97. The fraction of sp³-hybridized carbons (Fsp3) is 0.526. The normalized spacial score (nSPS) is 34.7. The molecule has 2 fully saturated rings. The molecule has 1 aliphatic carbocycles. The van der Waals surface area contributed by atoms with Crippen LogP contribution in [0, 0.1) is 11.3 Å². The molecule has 1 aliphatic heterocycles. The van der Waals surface area contributed by atoms with Crippen molar-refractivity contribution in [3.8, 4) is 0 Å². The van der Waals surface area contributed by atoms with E-state index in [1.54, 1.807) is 0 Å². The molecular formula is C19H24O2S. The van der Waals surface area contributed by atoms with E-state index in [2.05, 4.69) is 13.5 Å². The van der Waals surface area contributed by atoms with Gasteiger partial charge in [0, 0.05) is 22.6 Å². The molecule has 1 spiro atoms. The number of hydrogen-bond acceptors (Lipinski definition) is 3. The minimum absolute atomic E-state index is 0.00671. The summed E-state index contributed by atoms with van der Waals surface area (Å²) in [5.41, 5.74) is 0.643. The Balaban J connectivity index is 1.98. The molecule has 0 N–H and O–H groups in total. The molecule has 0 unspecified atom stereocenters. The molecule has 0 amide bonds. The van der Waals surface area contributed by atoms with E-state index in [-0.39, 0.29) is 22.0 Å². The molecule has 3 rings (SSSR count). The zero-order chi connectivity index (χ0) is 15.6. The third-order valence-corrected chi connectivity index (χ3v) is 6.96. The summed E-state index contributed by atoms with van der Waals surface area (Å²) in [6.07, 6.45) is 5.83. The van der Waals surface area contributed by atoms with E-state index < -0.39 is 0 Å². The summed E-state index contributed by atoms with van der Waals surface area (Å²) in [5.74, 6) is 1.30. The average molecular weight is 316 g/mol. The molecule has 3 heteroatoms. The van der Waals surface area contributed by atoms with Gasteiger partial charge in [-0.15, -0.1) is 18.3 Å². The number of ether oxygens (including phenoxy) is 1. The Kier molecular flexibility index (Phi) is 4.47. The highest BCUT2D eigenvalue weighted by Gasteiger charge is 2.58. The van der Waals surface area contributed by atoms with Crippen molar-refractivity contribution >= 4 is 17.5 Å². The lowest BCUT2D eigenvalue weighted by Crippen LogP contribution is -2.53. The summed E-state index contributed by atoms with van der Waals surface area (Å²) in [5, 5.41) is 0. The number of ketones is 1. The second kappa shape index (κ2) is 6.21. The first-order chi connectivity index (χ1) is 10.6. The molecule has 0 aromatic heterocycles. The lowest BCUT2D eigenvalue weighted by atomic mass is 9.61. The van der Waals surface area contributed by atoms with Gasteiger partial charge in [0.15, 0.2) is 5.78 Å². The van der Waals surface area contributed by atoms with Crippen LogP contribution < -0.4 is 0 Å². The van der Waals surface area contributed by atoms with E-state index in [1.165, 1.54) is 0 Å². The zero-order valence-corrected chi connectivity index (χ0v) is 14.0. The average Bonchev–Trinajstić information content (AvgIpc) is 3.01. The summed E-state index contributed by atoms with van der Waals surface area (Å²) in [4.78, 5) is 12.9. The first-order valence-corrected chi connectivity index (χ1v) is 9.10. The van der Waals surface area contributed by atoms with Crippen LogP contribution in [0.2, 0.25) is 0 Å². The van der Waals surface area contributed by atoms with Gasteiger partial charge in [-0.3, -0.25) is 4.79 Å². The van der Waals surface area contributed by atoms with E-state index in [9.17, 15) is 4.79 Å². The molecule has 118 valence electrons. The number of Topliss-reactive ketones (excluding diaryl/α,β-unsaturated/α-hetero) is 1. The quantitative estimate of drug-likeness (QED) is 0.594. The maximum atomic E-state index is 13.1. The van der Waals surface area contributed by atoms with Crippen LogP contribution >= 0.6 is 11.8 Å². The molecule has 2 aliphatic rings. The third kappa shape index (κ3) is 2.44. The predicted molar refractivity (Wildman–Crippen MR) is 92.2 cm³/mol. The van der Waals surface area contributed by atoms with Gasteiger partial charge in [-0.1, -0.05) is 43.3 Å². The largest absolute Gasteiger partial charge is 0.363 e. The predicted octanol–water partition coefficient (Wildman–Crippen LogP) is 4.71. The van der Waals surface area contributed by atoms with Crippen LogP contribution in [-0.2, 0) is 4.74 Å². The molecule has 1 saturated carbocycles. The van der Waals surface area contributed by atoms with Crippen molar-refractivity contribution in [2.45, 2.75) is 37.5 Å². The highest BCUT2D eigenvalue weighted by Crippen LogP contribution is 2.60. The molecule has 0 radical (unpaired) electrons. The standard InChI is InChI=1S/C19H24O2S/c1-3-11-18(2)16(17(20)15-8-5-4-6-9-15)10-7-12-19(18)21-13-14-22-19/h3-6,8-9,16H,1,7,10-14H2,2H3/t16-,18+,19+/m0/s1. The SMILES string of the molecule is C=CC[C@]1(C)[C@H](C(=O)c2ccccc2)CCC[C@]12OCCS2. The number of rotatable bonds is 4. The van der Waals surface area contributed by atoms with Crippen molar-refractivity contribution in [3.63, 3.8) is 0 Å². The van der Waals surface area contributed by atoms with Crippen LogP contribution in [-0.4, -0.2) is 23.1 Å². The van der Waals surface area contributed by atoms with Gasteiger partial charge in [0.1, 0.15) is 4.93 Å². The lowest BCUT2D eigenvalue weighted by molar-refractivity contribution is -0.0900. The van der Waals surface area contributed by atoms with E-state index >= 15 is 0 Å². The highest BCUT2D eigenvalue weighted by atomic mass is 32.2. The van der Waals surface area contributed by atoms with E-state index in [4.69, 9.17) is 4.74 Å². The van der Waals surface area contributed by atoms with Crippen molar-refractivity contribution in [2.75, 3.05) is 12.4 Å². The summed E-state index contributed by atoms with van der Waals surface area (Å²) >= 11 is 1.91. The first-order valence-electron chi connectivity index (χ1n) is 8.11. The Morgan fingerprint density at radius 2 is 2.23 bits per heavy atom. The molecule has 3 atom stereocenters. The number of allylic oxidation sites excluding steroid dienone is 1. The summed E-state index contributed by atoms with van der Waals surface area (Å²) < 4.78 is 6.23. The number of hydrogen-bond donors (Lipinski definition) is 0. The monoisotopic (exact) mass is 316 g/mol. The number of thioether (sulfide) groups is 1. The molecule has 1 aromatic rings. The molecule has 0 bridgehead atoms. The lowest BCUT2D eigenvalue weighted by Gasteiger charge is -2.52. The molecule has 22 heavy (non-hydrogen) atoms. The Hall–Kier alpha value is -1.06. The van der Waals surface area contributed by atoms with E-state index in [1.807, 2.05) is 48.2 Å². The molecular weight excluding hydrogens is 292 g/mol. The second-order valence-corrected chi connectivity index (χ2v) is 7.89. The van der Waals surface area contributed by atoms with E-state index in [0.717, 1.165) is 43.6 Å². The van der Waals surface area contributed by atoms with Gasteiger partial charge in [0.2, 0.25) is 0 Å². The Morgan fingerprint density at radius 3 is 2.86 bits per heavy atom. The summed E-state index contributed by atoms with van der Waals surface area (Å²) in [7, 11) is 0.